The van der Waals surface area contributed by atoms with Gasteiger partial charge in [0, 0.05) is 20.2 Å². The Balaban J connectivity index is 2.43. The third-order valence-corrected chi connectivity index (χ3v) is 1.95. The summed E-state index contributed by atoms with van der Waals surface area (Å²) in [6.07, 6.45) is 3.15. The van der Waals surface area contributed by atoms with Crippen LogP contribution in [0.25, 0.3) is 0 Å². The molecule has 1 amide bonds. The Kier molecular flexibility index (Phi) is 3.29. The highest BCUT2D eigenvalue weighted by atomic mass is 16.5. The van der Waals surface area contributed by atoms with Crippen LogP contribution < -0.4 is 0 Å². The summed E-state index contributed by atoms with van der Waals surface area (Å²) in [7, 11) is 1.55. The second kappa shape index (κ2) is 4.26. The van der Waals surface area contributed by atoms with E-state index in [2.05, 4.69) is 6.08 Å². The van der Waals surface area contributed by atoms with Crippen LogP contribution in [0.3, 0.4) is 0 Å². The minimum Gasteiger partial charge on any atom is -0.375 e. The minimum absolute atomic E-state index is 0.0879. The maximum atomic E-state index is 11.3. The Morgan fingerprint density at radius 3 is 3.08 bits per heavy atom. The van der Waals surface area contributed by atoms with Crippen molar-refractivity contribution in [2.75, 3.05) is 26.8 Å². The Hall–Kier alpha value is -0.830. The molecule has 0 saturated heterocycles. The van der Waals surface area contributed by atoms with Crippen molar-refractivity contribution in [3.05, 3.63) is 11.6 Å². The van der Waals surface area contributed by atoms with E-state index < -0.39 is 0 Å². The molecule has 0 unspecified atom stereocenters. The first-order valence-electron chi connectivity index (χ1n) is 4.16. The van der Waals surface area contributed by atoms with Crippen molar-refractivity contribution in [2.24, 2.45) is 0 Å². The highest BCUT2D eigenvalue weighted by molar-refractivity contribution is 5.77. The lowest BCUT2D eigenvalue weighted by Gasteiger charge is -2.25. The number of hydrogen-bond acceptors (Lipinski definition) is 2. The van der Waals surface area contributed by atoms with E-state index in [1.807, 2.05) is 11.8 Å². The third-order valence-electron chi connectivity index (χ3n) is 1.95. The van der Waals surface area contributed by atoms with E-state index in [1.54, 1.807) is 7.11 Å². The van der Waals surface area contributed by atoms with Crippen molar-refractivity contribution in [3.63, 3.8) is 0 Å². The zero-order chi connectivity index (χ0) is 8.97. The van der Waals surface area contributed by atoms with Gasteiger partial charge in [-0.1, -0.05) is 11.6 Å². The summed E-state index contributed by atoms with van der Waals surface area (Å²) in [4.78, 5) is 13.1. The van der Waals surface area contributed by atoms with E-state index in [9.17, 15) is 4.79 Å². The second-order valence-electron chi connectivity index (χ2n) is 3.09. The molecular weight excluding hydrogens is 154 g/mol. The summed E-state index contributed by atoms with van der Waals surface area (Å²) in [5.74, 6) is 0.0879. The molecule has 1 aliphatic rings. The van der Waals surface area contributed by atoms with E-state index in [1.165, 1.54) is 5.57 Å². The zero-order valence-corrected chi connectivity index (χ0v) is 7.67. The van der Waals surface area contributed by atoms with Gasteiger partial charge in [0.05, 0.1) is 0 Å². The van der Waals surface area contributed by atoms with Gasteiger partial charge in [0.1, 0.15) is 6.61 Å². The van der Waals surface area contributed by atoms with E-state index in [0.29, 0.717) is 0 Å². The normalized spacial score (nSPS) is 17.5. The smallest absolute Gasteiger partial charge is 0.248 e. The van der Waals surface area contributed by atoms with Crippen LogP contribution in [0.2, 0.25) is 0 Å². The van der Waals surface area contributed by atoms with Gasteiger partial charge in [0.25, 0.3) is 0 Å². The van der Waals surface area contributed by atoms with Crippen LogP contribution in [0.5, 0.6) is 0 Å². The monoisotopic (exact) mass is 169 g/mol. The molecule has 68 valence electrons. The highest BCUT2D eigenvalue weighted by Gasteiger charge is 2.15. The van der Waals surface area contributed by atoms with Crippen molar-refractivity contribution in [1.82, 2.24) is 4.90 Å². The molecule has 0 aromatic heterocycles. The number of carbonyl (C=O) groups is 1. The number of rotatable bonds is 2. The van der Waals surface area contributed by atoms with Gasteiger partial charge in [-0.2, -0.15) is 0 Å². The molecule has 0 atom stereocenters. The number of carbonyl (C=O) groups excluding carboxylic acids is 1. The summed E-state index contributed by atoms with van der Waals surface area (Å²) >= 11 is 0. The van der Waals surface area contributed by atoms with Crippen molar-refractivity contribution >= 4 is 5.91 Å². The molecule has 1 heterocycles. The van der Waals surface area contributed by atoms with Gasteiger partial charge in [-0.05, 0) is 13.3 Å². The molecule has 3 heteroatoms. The van der Waals surface area contributed by atoms with Crippen molar-refractivity contribution in [1.29, 1.82) is 0 Å². The van der Waals surface area contributed by atoms with Crippen LogP contribution in [-0.2, 0) is 9.53 Å². The Labute approximate surface area is 73.0 Å². The summed E-state index contributed by atoms with van der Waals surface area (Å²) < 4.78 is 4.78. The van der Waals surface area contributed by atoms with Crippen LogP contribution in [0.4, 0.5) is 0 Å². The zero-order valence-electron chi connectivity index (χ0n) is 7.67. The maximum absolute atomic E-state index is 11.3. The Morgan fingerprint density at radius 2 is 2.50 bits per heavy atom. The van der Waals surface area contributed by atoms with Crippen molar-refractivity contribution < 1.29 is 9.53 Å². The predicted octanol–water partition coefficient (Wildman–Crippen LogP) is 0.811. The van der Waals surface area contributed by atoms with Crippen LogP contribution in [0.15, 0.2) is 11.6 Å². The van der Waals surface area contributed by atoms with Gasteiger partial charge in [0.2, 0.25) is 5.91 Å². The highest BCUT2D eigenvalue weighted by Crippen LogP contribution is 2.08. The first-order valence-corrected chi connectivity index (χ1v) is 4.16. The molecule has 0 aliphatic carbocycles. The van der Waals surface area contributed by atoms with Gasteiger partial charge in [-0.3, -0.25) is 4.79 Å². The van der Waals surface area contributed by atoms with Gasteiger partial charge in [0.15, 0.2) is 0 Å². The molecule has 0 saturated carbocycles. The van der Waals surface area contributed by atoms with Crippen LogP contribution in [-0.4, -0.2) is 37.6 Å². The average Bonchev–Trinajstić information content (AvgIpc) is 2.05. The lowest BCUT2D eigenvalue weighted by molar-refractivity contribution is -0.134. The summed E-state index contributed by atoms with van der Waals surface area (Å²) in [6, 6.07) is 0. The van der Waals surface area contributed by atoms with E-state index in [-0.39, 0.29) is 12.5 Å². The minimum atomic E-state index is 0.0879. The standard InChI is InChI=1S/C9H15NO2/c1-8-4-3-5-10(6-8)9(11)7-12-2/h4H,3,5-7H2,1-2H3. The quantitative estimate of drug-likeness (QED) is 0.572. The van der Waals surface area contributed by atoms with Gasteiger partial charge in [-0.25, -0.2) is 0 Å². The molecule has 3 nitrogen and oxygen atoms in total. The molecule has 0 fully saturated rings. The molecule has 0 aromatic carbocycles. The second-order valence-corrected chi connectivity index (χ2v) is 3.09. The largest absolute Gasteiger partial charge is 0.375 e. The molecular formula is C9H15NO2. The van der Waals surface area contributed by atoms with Crippen molar-refractivity contribution in [2.45, 2.75) is 13.3 Å². The van der Waals surface area contributed by atoms with E-state index in [4.69, 9.17) is 4.74 Å². The molecule has 0 N–H and O–H groups in total. The number of methoxy groups -OCH3 is 1. The fourth-order valence-corrected chi connectivity index (χ4v) is 1.34. The first kappa shape index (κ1) is 9.26. The predicted molar refractivity (Wildman–Crippen MR) is 46.8 cm³/mol. The average molecular weight is 169 g/mol. The number of hydrogen-bond donors (Lipinski definition) is 0. The van der Waals surface area contributed by atoms with Gasteiger partial charge in [-0.15, -0.1) is 0 Å². The number of ether oxygens (including phenoxy) is 1. The number of nitrogens with zero attached hydrogens (tertiary/aromatic N) is 1. The molecule has 0 radical (unpaired) electrons. The maximum Gasteiger partial charge on any atom is 0.248 e. The fraction of sp³-hybridized carbons (Fsp3) is 0.667. The first-order chi connectivity index (χ1) is 5.74. The molecule has 0 bridgehead atoms. The molecule has 0 spiro atoms. The molecule has 1 aliphatic heterocycles. The topological polar surface area (TPSA) is 29.5 Å². The van der Waals surface area contributed by atoms with E-state index >= 15 is 0 Å². The van der Waals surface area contributed by atoms with E-state index in [0.717, 1.165) is 19.5 Å². The van der Waals surface area contributed by atoms with Gasteiger partial charge < -0.3 is 9.64 Å². The molecule has 1 rings (SSSR count). The van der Waals surface area contributed by atoms with Gasteiger partial charge >= 0.3 is 0 Å². The van der Waals surface area contributed by atoms with Crippen molar-refractivity contribution in [3.8, 4) is 0 Å². The lowest BCUT2D eigenvalue weighted by Crippen LogP contribution is -2.37. The SMILES string of the molecule is COCC(=O)N1CCC=C(C)C1. The Morgan fingerprint density at radius 1 is 1.75 bits per heavy atom. The summed E-state index contributed by atoms with van der Waals surface area (Å²) in [5, 5.41) is 0. The van der Waals surface area contributed by atoms with Crippen LogP contribution in [0, 0.1) is 0 Å². The fourth-order valence-electron chi connectivity index (χ4n) is 1.34. The molecule has 0 aromatic rings. The number of amides is 1. The Bertz CT molecular complexity index is 199. The summed E-state index contributed by atoms with van der Waals surface area (Å²) in [6.45, 7) is 3.85. The van der Waals surface area contributed by atoms with Crippen LogP contribution >= 0.6 is 0 Å². The third kappa shape index (κ3) is 2.34. The molecule has 12 heavy (non-hydrogen) atoms. The summed E-state index contributed by atoms with van der Waals surface area (Å²) in [5.41, 5.74) is 1.27. The van der Waals surface area contributed by atoms with Crippen LogP contribution in [0.1, 0.15) is 13.3 Å². The lowest BCUT2D eigenvalue weighted by atomic mass is 10.1.